The molecule has 0 amide bonds. The molecule has 0 saturated carbocycles. The third kappa shape index (κ3) is 4.28. The van der Waals surface area contributed by atoms with Crippen LogP contribution >= 0.6 is 7.75 Å². The number of azide groups is 1. The smallest absolute Gasteiger partial charge is 0.411 e. The summed E-state index contributed by atoms with van der Waals surface area (Å²) < 4.78 is 23.1. The zero-order chi connectivity index (χ0) is 15.3. The van der Waals surface area contributed by atoms with E-state index in [-0.39, 0.29) is 0 Å². The predicted molar refractivity (Wildman–Crippen MR) is 80.4 cm³/mol. The van der Waals surface area contributed by atoms with Crippen LogP contribution in [0.3, 0.4) is 0 Å². The second kappa shape index (κ2) is 6.35. The Morgan fingerprint density at radius 3 is 1.86 bits per heavy atom. The number of aryl methyl sites for hydroxylation is 2. The minimum atomic E-state index is -3.99. The first-order valence-corrected chi connectivity index (χ1v) is 7.69. The maximum Gasteiger partial charge on any atom is 0.525 e. The molecule has 21 heavy (non-hydrogen) atoms. The highest BCUT2D eigenvalue weighted by molar-refractivity contribution is 7.53. The van der Waals surface area contributed by atoms with E-state index in [9.17, 15) is 4.57 Å². The van der Waals surface area contributed by atoms with Crippen molar-refractivity contribution in [3.05, 3.63) is 70.1 Å². The molecule has 0 saturated heterocycles. The van der Waals surface area contributed by atoms with Crippen LogP contribution in [0.4, 0.5) is 0 Å². The van der Waals surface area contributed by atoms with E-state index in [1.807, 2.05) is 26.0 Å². The lowest BCUT2D eigenvalue weighted by atomic mass is 10.2. The molecule has 0 N–H and O–H groups in total. The van der Waals surface area contributed by atoms with Crippen LogP contribution in [0.15, 0.2) is 53.4 Å². The van der Waals surface area contributed by atoms with Crippen LogP contribution in [0.1, 0.15) is 11.1 Å². The Labute approximate surface area is 122 Å². The van der Waals surface area contributed by atoms with Gasteiger partial charge in [0.05, 0.1) is 0 Å². The quantitative estimate of drug-likeness (QED) is 0.330. The summed E-state index contributed by atoms with van der Waals surface area (Å²) in [7, 11) is -3.99. The van der Waals surface area contributed by atoms with Crippen LogP contribution in [-0.4, -0.2) is 0 Å². The van der Waals surface area contributed by atoms with E-state index in [1.165, 1.54) is 0 Å². The summed E-state index contributed by atoms with van der Waals surface area (Å²) in [6.07, 6.45) is 0. The van der Waals surface area contributed by atoms with Crippen molar-refractivity contribution < 1.29 is 13.6 Å². The van der Waals surface area contributed by atoms with Gasteiger partial charge in [-0.2, -0.15) is 0 Å². The van der Waals surface area contributed by atoms with Gasteiger partial charge in [-0.25, -0.2) is 4.57 Å². The fourth-order valence-corrected chi connectivity index (χ4v) is 2.68. The fourth-order valence-electron chi connectivity index (χ4n) is 1.71. The highest BCUT2D eigenvalue weighted by atomic mass is 31.2. The molecule has 0 fully saturated rings. The van der Waals surface area contributed by atoms with Crippen molar-refractivity contribution in [2.75, 3.05) is 0 Å². The summed E-state index contributed by atoms with van der Waals surface area (Å²) >= 11 is 0. The second-order valence-electron chi connectivity index (χ2n) is 4.46. The second-order valence-corrected chi connectivity index (χ2v) is 5.94. The summed E-state index contributed by atoms with van der Waals surface area (Å²) in [5, 5.41) is 0. The number of hydrogen-bond acceptors (Lipinski definition) is 3. The number of hydrogen-bond donors (Lipinski definition) is 0. The highest BCUT2D eigenvalue weighted by Crippen LogP contribution is 2.50. The average molecular weight is 303 g/mol. The standard InChI is InChI=1S/C14H14N3O3P/c1-11-5-3-7-13(9-11)19-21(18,17-16-15)20-14-8-4-6-12(2)10-14/h3-10H,1-2H3. The molecule has 0 aliphatic heterocycles. The largest absolute Gasteiger partial charge is 0.525 e. The van der Waals surface area contributed by atoms with Gasteiger partial charge in [-0.3, -0.25) is 0 Å². The molecule has 2 rings (SSSR count). The van der Waals surface area contributed by atoms with Gasteiger partial charge in [0.2, 0.25) is 0 Å². The maximum absolute atomic E-state index is 12.5. The van der Waals surface area contributed by atoms with Crippen molar-refractivity contribution in [3.63, 3.8) is 0 Å². The SMILES string of the molecule is Cc1cccc(OP(=O)(N=[N+]=[N-])Oc2cccc(C)c2)c1. The molecule has 2 aromatic carbocycles. The summed E-state index contributed by atoms with van der Waals surface area (Å²) in [4.78, 5) is 5.75. The van der Waals surface area contributed by atoms with Crippen LogP contribution in [0.25, 0.3) is 10.4 Å². The van der Waals surface area contributed by atoms with Gasteiger partial charge in [-0.05, 0) is 54.8 Å². The van der Waals surface area contributed by atoms with E-state index < -0.39 is 7.75 Å². The van der Waals surface area contributed by atoms with E-state index in [0.29, 0.717) is 11.5 Å². The van der Waals surface area contributed by atoms with Crippen LogP contribution < -0.4 is 9.05 Å². The molecule has 0 aliphatic rings. The van der Waals surface area contributed by atoms with Crippen LogP contribution in [0.5, 0.6) is 11.5 Å². The molecular weight excluding hydrogens is 289 g/mol. The first-order valence-electron chi connectivity index (χ1n) is 6.20. The van der Waals surface area contributed by atoms with E-state index in [0.717, 1.165) is 11.1 Å². The van der Waals surface area contributed by atoms with Crippen molar-refractivity contribution in [1.29, 1.82) is 0 Å². The van der Waals surface area contributed by atoms with E-state index in [2.05, 4.69) is 9.80 Å². The Morgan fingerprint density at radius 1 is 1.00 bits per heavy atom. The minimum Gasteiger partial charge on any atom is -0.411 e. The van der Waals surface area contributed by atoms with Gasteiger partial charge in [0.15, 0.2) is 0 Å². The molecule has 0 atom stereocenters. The molecule has 0 bridgehead atoms. The highest BCUT2D eigenvalue weighted by Gasteiger charge is 2.27. The van der Waals surface area contributed by atoms with Crippen LogP contribution in [0, 0.1) is 13.8 Å². The molecule has 108 valence electrons. The molecule has 7 heteroatoms. The van der Waals surface area contributed by atoms with E-state index in [4.69, 9.17) is 14.6 Å². The van der Waals surface area contributed by atoms with Crippen LogP contribution in [0.2, 0.25) is 0 Å². The van der Waals surface area contributed by atoms with Gasteiger partial charge in [0.1, 0.15) is 11.5 Å². The van der Waals surface area contributed by atoms with Crippen molar-refractivity contribution >= 4 is 7.75 Å². The molecule has 0 aliphatic carbocycles. The van der Waals surface area contributed by atoms with Gasteiger partial charge in [-0.15, -0.1) is 0 Å². The third-order valence-electron chi connectivity index (χ3n) is 2.57. The first-order chi connectivity index (χ1) is 10.0. The topological polar surface area (TPSA) is 84.3 Å². The number of benzene rings is 2. The average Bonchev–Trinajstić information content (AvgIpc) is 2.38. The number of nitrogens with zero attached hydrogens (tertiary/aromatic N) is 3. The lowest BCUT2D eigenvalue weighted by Gasteiger charge is -2.15. The zero-order valence-corrected chi connectivity index (χ0v) is 12.5. The van der Waals surface area contributed by atoms with Gasteiger partial charge in [0.25, 0.3) is 0 Å². The Kier molecular flexibility index (Phi) is 4.53. The normalized spacial score (nSPS) is 10.6. The van der Waals surface area contributed by atoms with Gasteiger partial charge in [0, 0.05) is 9.80 Å². The van der Waals surface area contributed by atoms with Gasteiger partial charge >= 0.3 is 7.75 Å². The molecule has 6 nitrogen and oxygen atoms in total. The van der Waals surface area contributed by atoms with E-state index in [1.54, 1.807) is 36.4 Å². The van der Waals surface area contributed by atoms with Gasteiger partial charge < -0.3 is 9.05 Å². The Hall–Kier alpha value is -2.42. The predicted octanol–water partition coefficient (Wildman–Crippen LogP) is 5.18. The molecule has 2 aromatic rings. The molecule has 0 heterocycles. The summed E-state index contributed by atoms with van der Waals surface area (Å²) in [5.74, 6) is 0.636. The monoisotopic (exact) mass is 303 g/mol. The molecule has 0 radical (unpaired) electrons. The Morgan fingerprint density at radius 2 is 1.48 bits per heavy atom. The minimum absolute atomic E-state index is 0.318. The first kappa shape index (κ1) is 15.0. The van der Waals surface area contributed by atoms with Gasteiger partial charge in [-0.1, -0.05) is 24.3 Å². The summed E-state index contributed by atoms with van der Waals surface area (Å²) in [6, 6.07) is 13.8. The van der Waals surface area contributed by atoms with Crippen LogP contribution in [-0.2, 0) is 4.57 Å². The fraction of sp³-hybridized carbons (Fsp3) is 0.143. The summed E-state index contributed by atoms with van der Waals surface area (Å²) in [6.45, 7) is 3.74. The number of rotatable bonds is 5. The molecule has 0 unspecified atom stereocenters. The molecule has 0 spiro atoms. The third-order valence-corrected chi connectivity index (χ3v) is 3.75. The summed E-state index contributed by atoms with van der Waals surface area (Å²) in [5.41, 5.74) is 10.4. The maximum atomic E-state index is 12.5. The van der Waals surface area contributed by atoms with Crippen molar-refractivity contribution in [2.45, 2.75) is 13.8 Å². The molecular formula is C14H14N3O3P. The van der Waals surface area contributed by atoms with Crippen molar-refractivity contribution in [1.82, 2.24) is 0 Å². The Balaban J connectivity index is 2.28. The molecule has 0 aromatic heterocycles. The lowest BCUT2D eigenvalue weighted by Crippen LogP contribution is -1.98. The van der Waals surface area contributed by atoms with Crippen molar-refractivity contribution in [2.24, 2.45) is 4.88 Å². The van der Waals surface area contributed by atoms with E-state index >= 15 is 0 Å². The lowest BCUT2D eigenvalue weighted by molar-refractivity contribution is 0.387. The Bertz CT molecular complexity index is 690. The van der Waals surface area contributed by atoms with Crippen molar-refractivity contribution in [3.8, 4) is 11.5 Å². The zero-order valence-electron chi connectivity index (χ0n) is 11.6.